The van der Waals surface area contributed by atoms with Crippen LogP contribution in [-0.4, -0.2) is 17.8 Å². The lowest BCUT2D eigenvalue weighted by Crippen LogP contribution is -2.17. The molecule has 0 aromatic rings. The molecular weight excluding hydrogens is 174 g/mol. The molecule has 3 nitrogen and oxygen atoms in total. The third-order valence-electron chi connectivity index (χ3n) is 2.78. The Morgan fingerprint density at radius 2 is 1.86 bits per heavy atom. The first kappa shape index (κ1) is 10.8. The molecule has 3 heteroatoms. The predicted molar refractivity (Wildman–Crippen MR) is 59.9 cm³/mol. The van der Waals surface area contributed by atoms with Gasteiger partial charge in [0.25, 0.3) is 0 Å². The van der Waals surface area contributed by atoms with E-state index in [2.05, 4.69) is 24.6 Å². The first-order valence-corrected chi connectivity index (χ1v) is 5.14. The van der Waals surface area contributed by atoms with Gasteiger partial charge < -0.3 is 11.5 Å². The standard InChI is InChI=1S/C11H20N3/c1-4-8-6-7-14(3)9(5-2)11(13)10(8)12/h7H,4-6,12-13H2,1-3H3/q+1. The number of nitrogens with two attached hydrogens (primary N) is 2. The van der Waals surface area contributed by atoms with Gasteiger partial charge in [-0.25, -0.2) is 4.58 Å². The average Bonchev–Trinajstić information content (AvgIpc) is 2.27. The van der Waals surface area contributed by atoms with Gasteiger partial charge in [-0.15, -0.1) is 0 Å². The smallest absolute Gasteiger partial charge is 0.205 e. The summed E-state index contributed by atoms with van der Waals surface area (Å²) >= 11 is 0. The maximum absolute atomic E-state index is 6.02. The normalized spacial score (nSPS) is 18.4. The van der Waals surface area contributed by atoms with E-state index in [0.29, 0.717) is 0 Å². The van der Waals surface area contributed by atoms with Crippen LogP contribution in [0.4, 0.5) is 0 Å². The number of hydrogen-bond donors (Lipinski definition) is 2. The van der Waals surface area contributed by atoms with Gasteiger partial charge in [-0.2, -0.15) is 0 Å². The van der Waals surface area contributed by atoms with E-state index in [1.165, 1.54) is 5.57 Å². The van der Waals surface area contributed by atoms with Crippen molar-refractivity contribution in [3.8, 4) is 0 Å². The second-order valence-electron chi connectivity index (χ2n) is 3.58. The highest BCUT2D eigenvalue weighted by Gasteiger charge is 2.19. The van der Waals surface area contributed by atoms with Gasteiger partial charge >= 0.3 is 0 Å². The van der Waals surface area contributed by atoms with E-state index in [4.69, 9.17) is 11.5 Å². The molecule has 0 bridgehead atoms. The highest BCUT2D eigenvalue weighted by Crippen LogP contribution is 2.19. The highest BCUT2D eigenvalue weighted by atomic mass is 15.0. The average molecular weight is 194 g/mol. The van der Waals surface area contributed by atoms with Crippen LogP contribution in [0.1, 0.15) is 33.1 Å². The van der Waals surface area contributed by atoms with E-state index in [0.717, 1.165) is 36.4 Å². The number of nitrogens with zero attached hydrogens (tertiary/aromatic N) is 1. The minimum atomic E-state index is 0.751. The van der Waals surface area contributed by atoms with Gasteiger partial charge in [0.1, 0.15) is 19.0 Å². The van der Waals surface area contributed by atoms with Crippen LogP contribution >= 0.6 is 0 Å². The van der Waals surface area contributed by atoms with Crippen LogP contribution in [0.3, 0.4) is 0 Å². The Balaban J connectivity index is 3.23. The van der Waals surface area contributed by atoms with Crippen LogP contribution in [0, 0.1) is 0 Å². The summed E-state index contributed by atoms with van der Waals surface area (Å²) in [5.41, 5.74) is 15.9. The molecule has 0 aromatic heterocycles. The quantitative estimate of drug-likeness (QED) is 0.651. The molecule has 1 heterocycles. The SMILES string of the molecule is CCC1=C(N)C(N)=C(CC)[N+](C)=CC1. The summed E-state index contributed by atoms with van der Waals surface area (Å²) in [6.07, 6.45) is 4.93. The van der Waals surface area contributed by atoms with E-state index in [1.807, 2.05) is 7.05 Å². The summed E-state index contributed by atoms with van der Waals surface area (Å²) < 4.78 is 2.09. The second-order valence-corrected chi connectivity index (χ2v) is 3.58. The molecule has 0 atom stereocenters. The van der Waals surface area contributed by atoms with Gasteiger partial charge in [0.15, 0.2) is 0 Å². The monoisotopic (exact) mass is 194 g/mol. The highest BCUT2D eigenvalue weighted by molar-refractivity contribution is 5.59. The third kappa shape index (κ3) is 1.81. The Morgan fingerprint density at radius 1 is 1.21 bits per heavy atom. The fourth-order valence-corrected chi connectivity index (χ4v) is 1.78. The van der Waals surface area contributed by atoms with Crippen LogP contribution in [0.5, 0.6) is 0 Å². The van der Waals surface area contributed by atoms with E-state index < -0.39 is 0 Å². The predicted octanol–water partition coefficient (Wildman–Crippen LogP) is 1.31. The largest absolute Gasteiger partial charge is 0.397 e. The molecule has 78 valence electrons. The molecule has 1 aliphatic heterocycles. The molecule has 0 spiro atoms. The second kappa shape index (κ2) is 4.31. The van der Waals surface area contributed by atoms with Gasteiger partial charge in [0.2, 0.25) is 5.70 Å². The Kier molecular flexibility index (Phi) is 3.33. The zero-order valence-electron chi connectivity index (χ0n) is 9.30. The minimum Gasteiger partial charge on any atom is -0.397 e. The molecule has 0 radical (unpaired) electrons. The first-order valence-electron chi connectivity index (χ1n) is 5.14. The fraction of sp³-hybridized carbons (Fsp3) is 0.545. The minimum absolute atomic E-state index is 0.751. The molecule has 0 aliphatic carbocycles. The van der Waals surface area contributed by atoms with Crippen molar-refractivity contribution in [2.45, 2.75) is 33.1 Å². The molecule has 0 saturated heterocycles. The lowest BCUT2D eigenvalue weighted by Gasteiger charge is -2.06. The molecule has 0 amide bonds. The molecular formula is C11H20N3+. The Labute approximate surface area is 85.8 Å². The van der Waals surface area contributed by atoms with Crippen LogP contribution < -0.4 is 11.5 Å². The fourth-order valence-electron chi connectivity index (χ4n) is 1.78. The maximum atomic E-state index is 6.02. The van der Waals surface area contributed by atoms with Crippen LogP contribution in [-0.2, 0) is 0 Å². The zero-order chi connectivity index (χ0) is 10.7. The van der Waals surface area contributed by atoms with Crippen molar-refractivity contribution in [2.75, 3.05) is 7.05 Å². The molecule has 0 saturated carbocycles. The van der Waals surface area contributed by atoms with Crippen molar-refractivity contribution in [2.24, 2.45) is 11.5 Å². The van der Waals surface area contributed by atoms with Crippen molar-refractivity contribution in [3.05, 3.63) is 22.7 Å². The third-order valence-corrected chi connectivity index (χ3v) is 2.78. The van der Waals surface area contributed by atoms with Gasteiger partial charge in [0, 0.05) is 12.8 Å². The van der Waals surface area contributed by atoms with Crippen molar-refractivity contribution >= 4 is 6.21 Å². The summed E-state index contributed by atoms with van der Waals surface area (Å²) in [4.78, 5) is 0. The topological polar surface area (TPSA) is 55.0 Å². The summed E-state index contributed by atoms with van der Waals surface area (Å²) in [6.45, 7) is 4.21. The first-order chi connectivity index (χ1) is 6.61. The molecule has 0 fully saturated rings. The van der Waals surface area contributed by atoms with Crippen molar-refractivity contribution in [1.29, 1.82) is 0 Å². The number of rotatable bonds is 2. The van der Waals surface area contributed by atoms with Crippen LogP contribution in [0.15, 0.2) is 22.7 Å². The van der Waals surface area contributed by atoms with E-state index in [1.54, 1.807) is 0 Å². The number of allylic oxidation sites excluding steroid dienone is 2. The zero-order valence-corrected chi connectivity index (χ0v) is 9.30. The summed E-state index contributed by atoms with van der Waals surface area (Å²) in [7, 11) is 2.03. The molecule has 0 aromatic carbocycles. The molecule has 0 unspecified atom stereocenters. The van der Waals surface area contributed by atoms with E-state index in [-0.39, 0.29) is 0 Å². The molecule has 1 rings (SSSR count). The summed E-state index contributed by atoms with van der Waals surface area (Å²) in [5.74, 6) is 0. The van der Waals surface area contributed by atoms with Crippen molar-refractivity contribution in [1.82, 2.24) is 0 Å². The van der Waals surface area contributed by atoms with Gasteiger partial charge in [-0.05, 0) is 12.0 Å². The lowest BCUT2D eigenvalue weighted by molar-refractivity contribution is -0.443. The van der Waals surface area contributed by atoms with Gasteiger partial charge in [-0.3, -0.25) is 0 Å². The van der Waals surface area contributed by atoms with E-state index in [9.17, 15) is 0 Å². The van der Waals surface area contributed by atoms with Crippen molar-refractivity contribution < 1.29 is 4.58 Å². The Hall–Kier alpha value is -1.25. The van der Waals surface area contributed by atoms with Gasteiger partial charge in [-0.1, -0.05) is 13.8 Å². The Morgan fingerprint density at radius 3 is 2.36 bits per heavy atom. The number of hydrogen-bond acceptors (Lipinski definition) is 2. The van der Waals surface area contributed by atoms with Crippen molar-refractivity contribution in [3.63, 3.8) is 0 Å². The van der Waals surface area contributed by atoms with Gasteiger partial charge in [0.05, 0.1) is 5.70 Å². The van der Waals surface area contributed by atoms with E-state index >= 15 is 0 Å². The maximum Gasteiger partial charge on any atom is 0.205 e. The van der Waals surface area contributed by atoms with Crippen LogP contribution in [0.2, 0.25) is 0 Å². The lowest BCUT2D eigenvalue weighted by atomic mass is 10.1. The molecule has 14 heavy (non-hydrogen) atoms. The Bertz CT molecular complexity index is 321. The summed E-state index contributed by atoms with van der Waals surface area (Å²) in [5, 5.41) is 0. The molecule has 1 aliphatic rings. The molecule has 4 N–H and O–H groups in total. The van der Waals surface area contributed by atoms with Crippen LogP contribution in [0.25, 0.3) is 0 Å². The summed E-state index contributed by atoms with van der Waals surface area (Å²) in [6, 6.07) is 0.